The standard InChI is InChI=1S/C11H17FN2O3S/c1-3-9(15)6-14-18(16,17)11-5-8(13)4-10(12)7(11)2/h4-5,9,14-15H,3,6,13H2,1-2H3. The molecule has 0 aliphatic carbocycles. The normalized spacial score (nSPS) is 13.6. The van der Waals surface area contributed by atoms with Gasteiger partial charge in [0.2, 0.25) is 10.0 Å². The Hall–Kier alpha value is -1.18. The van der Waals surface area contributed by atoms with Crippen LogP contribution < -0.4 is 10.5 Å². The van der Waals surface area contributed by atoms with Gasteiger partial charge < -0.3 is 10.8 Å². The third-order valence-corrected chi connectivity index (χ3v) is 4.14. The monoisotopic (exact) mass is 276 g/mol. The Morgan fingerprint density at radius 1 is 1.50 bits per heavy atom. The predicted molar refractivity (Wildman–Crippen MR) is 67.0 cm³/mol. The highest BCUT2D eigenvalue weighted by Gasteiger charge is 2.20. The summed E-state index contributed by atoms with van der Waals surface area (Å²) in [6, 6.07) is 2.26. The number of rotatable bonds is 5. The molecule has 7 heteroatoms. The number of hydrogen-bond acceptors (Lipinski definition) is 4. The maximum absolute atomic E-state index is 13.4. The van der Waals surface area contributed by atoms with Gasteiger partial charge in [0, 0.05) is 17.8 Å². The predicted octanol–water partition coefficient (Wildman–Crippen LogP) is 0.766. The second kappa shape index (κ2) is 5.64. The Kier molecular flexibility index (Phi) is 4.66. The number of aliphatic hydroxyl groups is 1. The lowest BCUT2D eigenvalue weighted by Gasteiger charge is -2.13. The number of nitrogen functional groups attached to an aromatic ring is 1. The maximum atomic E-state index is 13.4. The molecule has 5 nitrogen and oxygen atoms in total. The van der Waals surface area contributed by atoms with Crippen molar-refractivity contribution >= 4 is 15.7 Å². The molecule has 0 fully saturated rings. The first-order chi connectivity index (χ1) is 8.27. The number of hydrogen-bond donors (Lipinski definition) is 3. The lowest BCUT2D eigenvalue weighted by atomic mass is 10.2. The molecule has 1 rings (SSSR count). The topological polar surface area (TPSA) is 92.4 Å². The fourth-order valence-corrected chi connectivity index (χ4v) is 2.74. The molecule has 0 saturated carbocycles. The largest absolute Gasteiger partial charge is 0.399 e. The molecule has 0 spiro atoms. The van der Waals surface area contributed by atoms with Crippen LogP contribution in [0.1, 0.15) is 18.9 Å². The van der Waals surface area contributed by atoms with Crippen LogP contribution in [0.4, 0.5) is 10.1 Å². The van der Waals surface area contributed by atoms with Crippen molar-refractivity contribution in [1.29, 1.82) is 0 Å². The summed E-state index contributed by atoms with van der Waals surface area (Å²) in [6.45, 7) is 2.97. The van der Waals surface area contributed by atoms with Crippen LogP contribution in [0.25, 0.3) is 0 Å². The van der Waals surface area contributed by atoms with Gasteiger partial charge in [-0.25, -0.2) is 17.5 Å². The van der Waals surface area contributed by atoms with E-state index in [2.05, 4.69) is 4.72 Å². The van der Waals surface area contributed by atoms with Gasteiger partial charge >= 0.3 is 0 Å². The van der Waals surface area contributed by atoms with Crippen LogP contribution in [-0.4, -0.2) is 26.2 Å². The second-order valence-corrected chi connectivity index (χ2v) is 5.78. The van der Waals surface area contributed by atoms with E-state index >= 15 is 0 Å². The van der Waals surface area contributed by atoms with Gasteiger partial charge in [-0.2, -0.15) is 0 Å². The summed E-state index contributed by atoms with van der Waals surface area (Å²) in [5, 5.41) is 9.32. The minimum absolute atomic E-state index is 0.00249. The van der Waals surface area contributed by atoms with Crippen molar-refractivity contribution < 1.29 is 17.9 Å². The molecule has 102 valence electrons. The van der Waals surface area contributed by atoms with Gasteiger partial charge in [0.15, 0.2) is 0 Å². The maximum Gasteiger partial charge on any atom is 0.241 e. The van der Waals surface area contributed by atoms with Gasteiger partial charge in [-0.05, 0) is 25.5 Å². The van der Waals surface area contributed by atoms with E-state index in [4.69, 9.17) is 5.73 Å². The summed E-state index contributed by atoms with van der Waals surface area (Å²) in [5.41, 5.74) is 5.46. The van der Waals surface area contributed by atoms with Gasteiger partial charge in [0.1, 0.15) is 5.82 Å². The zero-order valence-corrected chi connectivity index (χ0v) is 11.1. The molecule has 0 amide bonds. The SMILES string of the molecule is CCC(O)CNS(=O)(=O)c1cc(N)cc(F)c1C. The number of anilines is 1. The quantitative estimate of drug-likeness (QED) is 0.692. The van der Waals surface area contributed by atoms with Crippen LogP contribution in [0.5, 0.6) is 0 Å². The lowest BCUT2D eigenvalue weighted by molar-refractivity contribution is 0.174. The molecule has 1 unspecified atom stereocenters. The van der Waals surface area contributed by atoms with E-state index in [1.54, 1.807) is 6.92 Å². The molecule has 0 heterocycles. The number of nitrogens with two attached hydrogens (primary N) is 1. The highest BCUT2D eigenvalue weighted by atomic mass is 32.2. The highest BCUT2D eigenvalue weighted by molar-refractivity contribution is 7.89. The van der Waals surface area contributed by atoms with Gasteiger partial charge in [-0.15, -0.1) is 0 Å². The van der Waals surface area contributed by atoms with Crippen molar-refractivity contribution in [3.8, 4) is 0 Å². The average Bonchev–Trinajstić information content (AvgIpc) is 2.30. The fourth-order valence-electron chi connectivity index (χ4n) is 1.38. The molecular weight excluding hydrogens is 259 g/mol. The Morgan fingerprint density at radius 2 is 2.11 bits per heavy atom. The summed E-state index contributed by atoms with van der Waals surface area (Å²) >= 11 is 0. The van der Waals surface area contributed by atoms with E-state index in [1.165, 1.54) is 13.0 Å². The van der Waals surface area contributed by atoms with Crippen molar-refractivity contribution in [2.75, 3.05) is 12.3 Å². The molecule has 0 aromatic heterocycles. The van der Waals surface area contributed by atoms with Crippen LogP contribution in [0.2, 0.25) is 0 Å². The first-order valence-corrected chi connectivity index (χ1v) is 6.99. The van der Waals surface area contributed by atoms with Gasteiger partial charge in [0.25, 0.3) is 0 Å². The number of aliphatic hydroxyl groups excluding tert-OH is 1. The van der Waals surface area contributed by atoms with Crippen LogP contribution >= 0.6 is 0 Å². The molecule has 1 atom stereocenters. The fraction of sp³-hybridized carbons (Fsp3) is 0.455. The van der Waals surface area contributed by atoms with E-state index in [9.17, 15) is 17.9 Å². The zero-order chi connectivity index (χ0) is 13.9. The Balaban J connectivity index is 3.05. The molecule has 0 bridgehead atoms. The van der Waals surface area contributed by atoms with E-state index < -0.39 is 21.9 Å². The molecular formula is C11H17FN2O3S. The molecule has 0 radical (unpaired) electrons. The summed E-state index contributed by atoms with van der Waals surface area (Å²) < 4.78 is 39.5. The average molecular weight is 276 g/mol. The molecule has 18 heavy (non-hydrogen) atoms. The minimum atomic E-state index is -3.87. The van der Waals surface area contributed by atoms with Crippen LogP contribution in [-0.2, 0) is 10.0 Å². The minimum Gasteiger partial charge on any atom is -0.399 e. The van der Waals surface area contributed by atoms with Gasteiger partial charge in [-0.1, -0.05) is 6.92 Å². The molecule has 4 N–H and O–H groups in total. The third kappa shape index (κ3) is 3.41. The van der Waals surface area contributed by atoms with Crippen molar-refractivity contribution in [2.45, 2.75) is 31.3 Å². The van der Waals surface area contributed by atoms with Crippen molar-refractivity contribution in [2.24, 2.45) is 0 Å². The summed E-state index contributed by atoms with van der Waals surface area (Å²) in [4.78, 5) is -0.205. The number of nitrogens with one attached hydrogen (secondary N) is 1. The van der Waals surface area contributed by atoms with Crippen LogP contribution in [0.15, 0.2) is 17.0 Å². The summed E-state index contributed by atoms with van der Waals surface area (Å²) in [5.74, 6) is -0.675. The Labute approximate surface area is 106 Å². The molecule has 1 aromatic carbocycles. The summed E-state index contributed by atoms with van der Waals surface area (Å²) in [7, 11) is -3.87. The Morgan fingerprint density at radius 3 is 2.67 bits per heavy atom. The number of halogens is 1. The van der Waals surface area contributed by atoms with Crippen LogP contribution in [0, 0.1) is 12.7 Å². The second-order valence-electron chi connectivity index (χ2n) is 4.04. The molecule has 0 saturated heterocycles. The van der Waals surface area contributed by atoms with E-state index in [1.807, 2.05) is 0 Å². The van der Waals surface area contributed by atoms with Crippen molar-refractivity contribution in [3.63, 3.8) is 0 Å². The van der Waals surface area contributed by atoms with Crippen LogP contribution in [0.3, 0.4) is 0 Å². The number of benzene rings is 1. The van der Waals surface area contributed by atoms with Gasteiger partial charge in [-0.3, -0.25) is 0 Å². The van der Waals surface area contributed by atoms with E-state index in [0.717, 1.165) is 6.07 Å². The molecule has 0 aliphatic heterocycles. The van der Waals surface area contributed by atoms with E-state index in [-0.39, 0.29) is 22.7 Å². The third-order valence-electron chi connectivity index (χ3n) is 2.59. The Bertz CT molecular complexity index is 531. The van der Waals surface area contributed by atoms with E-state index in [0.29, 0.717) is 6.42 Å². The highest BCUT2D eigenvalue weighted by Crippen LogP contribution is 2.21. The first-order valence-electron chi connectivity index (χ1n) is 5.51. The molecule has 0 aliphatic rings. The first kappa shape index (κ1) is 14.9. The number of sulfonamides is 1. The zero-order valence-electron chi connectivity index (χ0n) is 10.3. The van der Waals surface area contributed by atoms with Crippen molar-refractivity contribution in [1.82, 2.24) is 4.72 Å². The van der Waals surface area contributed by atoms with Crippen molar-refractivity contribution in [3.05, 3.63) is 23.5 Å². The molecule has 1 aromatic rings. The summed E-state index contributed by atoms with van der Waals surface area (Å²) in [6.07, 6.45) is -0.349. The lowest BCUT2D eigenvalue weighted by Crippen LogP contribution is -2.32. The van der Waals surface area contributed by atoms with Gasteiger partial charge in [0.05, 0.1) is 11.0 Å². The smallest absolute Gasteiger partial charge is 0.241 e.